The van der Waals surface area contributed by atoms with Gasteiger partial charge in [0.15, 0.2) is 0 Å². The second kappa shape index (κ2) is 2.33. The third-order valence-electron chi connectivity index (χ3n) is 1.29. The van der Waals surface area contributed by atoms with E-state index in [1.165, 1.54) is 0 Å². The number of likely N-dealkylation sites (tertiary alicyclic amines) is 1. The zero-order valence-electron chi connectivity index (χ0n) is 4.55. The molecular weight excluding hydrogens is 170 g/mol. The van der Waals surface area contributed by atoms with Crippen molar-refractivity contribution in [2.24, 2.45) is 0 Å². The van der Waals surface area contributed by atoms with Gasteiger partial charge >= 0.3 is 0 Å². The van der Waals surface area contributed by atoms with Crippen LogP contribution in [0.3, 0.4) is 0 Å². The molecule has 0 aromatic heterocycles. The van der Waals surface area contributed by atoms with Crippen molar-refractivity contribution in [2.45, 2.75) is 11.1 Å². The summed E-state index contributed by atoms with van der Waals surface area (Å²) in [4.78, 5) is 2.22. The van der Waals surface area contributed by atoms with E-state index < -0.39 is 0 Å². The van der Waals surface area contributed by atoms with Crippen LogP contribution in [-0.4, -0.2) is 34.2 Å². The van der Waals surface area contributed by atoms with Gasteiger partial charge < -0.3 is 5.11 Å². The maximum Gasteiger partial charge on any atom is 0.0794 e. The maximum absolute atomic E-state index is 8.78. The van der Waals surface area contributed by atoms with Gasteiger partial charge in [0.1, 0.15) is 0 Å². The summed E-state index contributed by atoms with van der Waals surface area (Å²) in [7, 11) is 0. The first-order valence-electron chi connectivity index (χ1n) is 2.59. The molecule has 0 amide bonds. The van der Waals surface area contributed by atoms with Gasteiger partial charge in [-0.25, -0.2) is 0 Å². The Kier molecular flexibility index (Phi) is 1.90. The molecule has 8 heavy (non-hydrogen) atoms. The van der Waals surface area contributed by atoms with Gasteiger partial charge in [-0.15, -0.1) is 0 Å². The summed E-state index contributed by atoms with van der Waals surface area (Å²) in [6.07, 6.45) is -0.114. The normalized spacial score (nSPS) is 27.4. The molecular formula is C5H9BrNO. The van der Waals surface area contributed by atoms with Crippen LogP contribution in [0.4, 0.5) is 0 Å². The van der Waals surface area contributed by atoms with Gasteiger partial charge in [0.25, 0.3) is 0 Å². The van der Waals surface area contributed by atoms with E-state index in [-0.39, 0.29) is 11.1 Å². The SMILES string of the molecule is [CH2]C(Br)N1CC(O)C1. The van der Waals surface area contributed by atoms with Crippen LogP contribution in [0.1, 0.15) is 0 Å². The van der Waals surface area contributed by atoms with Crippen molar-refractivity contribution in [1.29, 1.82) is 0 Å². The Morgan fingerprint density at radius 3 is 2.38 bits per heavy atom. The molecule has 1 heterocycles. The molecule has 1 saturated heterocycles. The lowest BCUT2D eigenvalue weighted by atomic mass is 10.2. The van der Waals surface area contributed by atoms with Crippen molar-refractivity contribution < 1.29 is 5.11 Å². The summed E-state index contributed by atoms with van der Waals surface area (Å²) in [5, 5.41) is 8.78. The highest BCUT2D eigenvalue weighted by Crippen LogP contribution is 2.14. The second-order valence-corrected chi connectivity index (χ2v) is 3.10. The molecule has 1 N–H and O–H groups in total. The molecule has 1 radical (unpaired) electrons. The fraction of sp³-hybridized carbons (Fsp3) is 0.800. The largest absolute Gasteiger partial charge is 0.390 e. The molecule has 0 aromatic rings. The third-order valence-corrected chi connectivity index (χ3v) is 1.87. The van der Waals surface area contributed by atoms with Gasteiger partial charge in [0.05, 0.1) is 11.1 Å². The zero-order chi connectivity index (χ0) is 6.15. The van der Waals surface area contributed by atoms with Crippen LogP contribution in [0.15, 0.2) is 0 Å². The van der Waals surface area contributed by atoms with Crippen LogP contribution < -0.4 is 0 Å². The Balaban J connectivity index is 2.15. The number of hydrogen-bond acceptors (Lipinski definition) is 2. The highest BCUT2D eigenvalue weighted by molar-refractivity contribution is 9.09. The highest BCUT2D eigenvalue weighted by atomic mass is 79.9. The number of hydrogen-bond donors (Lipinski definition) is 1. The molecule has 0 aliphatic carbocycles. The molecule has 1 aliphatic rings. The summed E-state index contributed by atoms with van der Waals surface area (Å²) < 4.78 is 0. The summed E-state index contributed by atoms with van der Waals surface area (Å²) in [5.41, 5.74) is 0. The molecule has 1 unspecified atom stereocenters. The molecule has 0 bridgehead atoms. The Labute approximate surface area is 57.6 Å². The monoisotopic (exact) mass is 178 g/mol. The first-order chi connectivity index (χ1) is 3.70. The average molecular weight is 179 g/mol. The van der Waals surface area contributed by atoms with Gasteiger partial charge in [0.2, 0.25) is 0 Å². The third kappa shape index (κ3) is 1.21. The van der Waals surface area contributed by atoms with Crippen LogP contribution in [0.2, 0.25) is 0 Å². The highest BCUT2D eigenvalue weighted by Gasteiger charge is 2.26. The van der Waals surface area contributed by atoms with Crippen molar-refractivity contribution in [1.82, 2.24) is 4.90 Å². The predicted octanol–water partition coefficient (Wildman–Crippen LogP) is 0.218. The van der Waals surface area contributed by atoms with E-state index in [2.05, 4.69) is 22.9 Å². The van der Waals surface area contributed by atoms with Crippen LogP contribution >= 0.6 is 15.9 Å². The van der Waals surface area contributed by atoms with Gasteiger partial charge in [-0.05, 0) is 6.92 Å². The summed E-state index contributed by atoms with van der Waals surface area (Å²) in [6, 6.07) is 0. The fourth-order valence-electron chi connectivity index (χ4n) is 0.717. The van der Waals surface area contributed by atoms with Crippen molar-refractivity contribution in [3.05, 3.63) is 6.92 Å². The van der Waals surface area contributed by atoms with Crippen molar-refractivity contribution in [2.75, 3.05) is 13.1 Å². The van der Waals surface area contributed by atoms with E-state index in [9.17, 15) is 0 Å². The van der Waals surface area contributed by atoms with E-state index in [4.69, 9.17) is 5.11 Å². The number of halogens is 1. The average Bonchev–Trinajstić information content (AvgIpc) is 1.57. The minimum absolute atomic E-state index is 0.114. The summed E-state index contributed by atoms with van der Waals surface area (Å²) in [6.45, 7) is 5.25. The molecule has 1 rings (SSSR count). The lowest BCUT2D eigenvalue weighted by Gasteiger charge is -2.37. The van der Waals surface area contributed by atoms with Crippen LogP contribution in [0.5, 0.6) is 0 Å². The molecule has 47 valence electrons. The minimum atomic E-state index is -0.114. The smallest absolute Gasteiger partial charge is 0.0794 e. The van der Waals surface area contributed by atoms with Crippen molar-refractivity contribution in [3.8, 4) is 0 Å². The Hall–Kier alpha value is 0.400. The topological polar surface area (TPSA) is 23.5 Å². The van der Waals surface area contributed by atoms with Crippen LogP contribution in [0, 0.1) is 6.92 Å². The lowest BCUT2D eigenvalue weighted by Crippen LogP contribution is -2.52. The molecule has 0 aromatic carbocycles. The van der Waals surface area contributed by atoms with Crippen molar-refractivity contribution in [3.63, 3.8) is 0 Å². The van der Waals surface area contributed by atoms with E-state index in [1.54, 1.807) is 0 Å². The zero-order valence-corrected chi connectivity index (χ0v) is 6.13. The van der Waals surface area contributed by atoms with Gasteiger partial charge in [-0.1, -0.05) is 15.9 Å². The summed E-state index contributed by atoms with van der Waals surface area (Å²) in [5.74, 6) is 0. The van der Waals surface area contributed by atoms with Crippen LogP contribution in [0.25, 0.3) is 0 Å². The molecule has 1 atom stereocenters. The lowest BCUT2D eigenvalue weighted by molar-refractivity contribution is 0.00398. The quantitative estimate of drug-likeness (QED) is 0.459. The molecule has 3 heteroatoms. The standard InChI is InChI=1S/C5H9BrNO/c1-4(6)7-2-5(8)3-7/h4-5,8H,1-3H2. The molecule has 1 fully saturated rings. The first-order valence-corrected chi connectivity index (χ1v) is 3.51. The van der Waals surface area contributed by atoms with E-state index in [0.29, 0.717) is 0 Å². The minimum Gasteiger partial charge on any atom is -0.390 e. The Bertz CT molecular complexity index is 80.5. The van der Waals surface area contributed by atoms with Crippen molar-refractivity contribution >= 4 is 15.9 Å². The van der Waals surface area contributed by atoms with E-state index in [0.717, 1.165) is 13.1 Å². The summed E-state index contributed by atoms with van der Waals surface area (Å²) >= 11 is 3.28. The molecule has 1 aliphatic heterocycles. The number of rotatable bonds is 1. The number of nitrogens with zero attached hydrogens (tertiary/aromatic N) is 1. The van der Waals surface area contributed by atoms with Gasteiger partial charge in [-0.3, -0.25) is 4.90 Å². The van der Waals surface area contributed by atoms with E-state index in [1.807, 2.05) is 4.90 Å². The molecule has 0 saturated carbocycles. The Morgan fingerprint density at radius 2 is 2.25 bits per heavy atom. The molecule has 2 nitrogen and oxygen atoms in total. The van der Waals surface area contributed by atoms with E-state index >= 15 is 0 Å². The van der Waals surface area contributed by atoms with Gasteiger partial charge in [-0.2, -0.15) is 0 Å². The fourth-order valence-corrected chi connectivity index (χ4v) is 1.05. The second-order valence-electron chi connectivity index (χ2n) is 2.04. The molecule has 0 spiro atoms. The first kappa shape index (κ1) is 6.52. The Morgan fingerprint density at radius 1 is 1.75 bits per heavy atom. The maximum atomic E-state index is 8.78. The number of β-amino-alcohol motifs (C(OH)–C–C–N with tert-alkyl or cyclic N) is 1. The van der Waals surface area contributed by atoms with Gasteiger partial charge in [0, 0.05) is 13.1 Å². The number of aliphatic hydroxyl groups excluding tert-OH is 1. The van der Waals surface area contributed by atoms with Crippen LogP contribution in [-0.2, 0) is 0 Å². The number of alkyl halides is 1. The predicted molar refractivity (Wildman–Crippen MR) is 35.7 cm³/mol. The number of aliphatic hydroxyl groups is 1.